The van der Waals surface area contributed by atoms with Gasteiger partial charge in [-0.05, 0) is 67.6 Å². The third kappa shape index (κ3) is 4.49. The van der Waals surface area contributed by atoms with Crippen molar-refractivity contribution in [3.63, 3.8) is 0 Å². The van der Waals surface area contributed by atoms with Crippen molar-refractivity contribution in [2.24, 2.45) is 0 Å². The van der Waals surface area contributed by atoms with Crippen LogP contribution >= 0.6 is 11.6 Å². The summed E-state index contributed by atoms with van der Waals surface area (Å²) in [5.41, 5.74) is 3.45. The van der Waals surface area contributed by atoms with E-state index in [4.69, 9.17) is 11.6 Å². The summed E-state index contributed by atoms with van der Waals surface area (Å²) in [6.07, 6.45) is 0. The van der Waals surface area contributed by atoms with Crippen molar-refractivity contribution in [3.8, 4) is 0 Å². The van der Waals surface area contributed by atoms with Gasteiger partial charge < -0.3 is 10.6 Å². The van der Waals surface area contributed by atoms with Gasteiger partial charge in [0.05, 0.1) is 0 Å². The van der Waals surface area contributed by atoms with Crippen LogP contribution < -0.4 is 10.6 Å². The molecule has 0 radical (unpaired) electrons. The van der Waals surface area contributed by atoms with E-state index in [1.165, 1.54) is 0 Å². The summed E-state index contributed by atoms with van der Waals surface area (Å²) >= 11 is 5.83. The molecule has 0 saturated heterocycles. The van der Waals surface area contributed by atoms with Gasteiger partial charge in [0.1, 0.15) is 0 Å². The Bertz CT molecular complexity index is 839. The number of nitrogens with one attached hydrogen (secondary N) is 2. The molecule has 26 heavy (non-hydrogen) atoms. The summed E-state index contributed by atoms with van der Waals surface area (Å²) in [4.78, 5) is 24.5. The first kappa shape index (κ1) is 17.7. The lowest BCUT2D eigenvalue weighted by molar-refractivity contribution is 0.101. The van der Waals surface area contributed by atoms with Crippen LogP contribution in [0.1, 0.15) is 26.3 Å². The third-order valence-electron chi connectivity index (χ3n) is 3.82. The second-order valence-corrected chi connectivity index (χ2v) is 6.29. The first-order valence-corrected chi connectivity index (χ1v) is 8.44. The Morgan fingerprint density at radius 2 is 1.04 bits per heavy atom. The van der Waals surface area contributed by atoms with E-state index in [-0.39, 0.29) is 11.8 Å². The van der Waals surface area contributed by atoms with E-state index in [1.54, 1.807) is 48.5 Å². The standard InChI is InChI=1S/C21H17ClN2O2/c1-14-2-10-18(11-3-14)23-20(25)15-4-6-16(7-5-15)21(26)24-19-12-8-17(22)9-13-19/h2-13H,1H3,(H,23,25)(H,24,26). The van der Waals surface area contributed by atoms with Crippen molar-refractivity contribution in [2.45, 2.75) is 6.92 Å². The Kier molecular flexibility index (Phi) is 5.34. The average Bonchev–Trinajstić information content (AvgIpc) is 2.65. The Hall–Kier alpha value is -3.11. The number of halogens is 1. The minimum Gasteiger partial charge on any atom is -0.322 e. The van der Waals surface area contributed by atoms with Crippen LogP contribution in [0.4, 0.5) is 11.4 Å². The molecule has 0 heterocycles. The smallest absolute Gasteiger partial charge is 0.255 e. The molecule has 2 N–H and O–H groups in total. The van der Waals surface area contributed by atoms with Gasteiger partial charge in [-0.3, -0.25) is 9.59 Å². The van der Waals surface area contributed by atoms with Gasteiger partial charge in [-0.25, -0.2) is 0 Å². The minimum atomic E-state index is -0.252. The lowest BCUT2D eigenvalue weighted by Gasteiger charge is -2.08. The van der Waals surface area contributed by atoms with E-state index < -0.39 is 0 Å². The fourth-order valence-electron chi connectivity index (χ4n) is 2.35. The molecule has 0 unspecified atom stereocenters. The molecule has 3 aromatic carbocycles. The van der Waals surface area contributed by atoms with Crippen molar-refractivity contribution in [2.75, 3.05) is 10.6 Å². The quantitative estimate of drug-likeness (QED) is 0.672. The van der Waals surface area contributed by atoms with Crippen LogP contribution in [0.3, 0.4) is 0 Å². The Morgan fingerprint density at radius 3 is 1.46 bits per heavy atom. The largest absolute Gasteiger partial charge is 0.322 e. The Morgan fingerprint density at radius 1 is 0.654 bits per heavy atom. The highest BCUT2D eigenvalue weighted by Gasteiger charge is 2.09. The van der Waals surface area contributed by atoms with Crippen molar-refractivity contribution in [1.29, 1.82) is 0 Å². The van der Waals surface area contributed by atoms with Crippen LogP contribution in [0.5, 0.6) is 0 Å². The first-order chi connectivity index (χ1) is 12.5. The van der Waals surface area contributed by atoms with Crippen LogP contribution in [0.2, 0.25) is 5.02 Å². The van der Waals surface area contributed by atoms with Gasteiger partial charge in [-0.2, -0.15) is 0 Å². The third-order valence-corrected chi connectivity index (χ3v) is 4.07. The number of aryl methyl sites for hydroxylation is 1. The lowest BCUT2D eigenvalue weighted by Crippen LogP contribution is -2.14. The molecule has 5 heteroatoms. The maximum atomic E-state index is 12.3. The number of hydrogen-bond acceptors (Lipinski definition) is 2. The number of carbonyl (C=O) groups is 2. The number of benzene rings is 3. The second-order valence-electron chi connectivity index (χ2n) is 5.86. The monoisotopic (exact) mass is 364 g/mol. The molecule has 0 aliphatic rings. The highest BCUT2D eigenvalue weighted by molar-refractivity contribution is 6.30. The summed E-state index contributed by atoms with van der Waals surface area (Å²) in [6.45, 7) is 1.99. The van der Waals surface area contributed by atoms with Crippen LogP contribution in [0.15, 0.2) is 72.8 Å². The van der Waals surface area contributed by atoms with Gasteiger partial charge >= 0.3 is 0 Å². The number of amides is 2. The maximum absolute atomic E-state index is 12.3. The summed E-state index contributed by atoms with van der Waals surface area (Å²) in [7, 11) is 0. The first-order valence-electron chi connectivity index (χ1n) is 8.06. The molecule has 0 bridgehead atoms. The van der Waals surface area contributed by atoms with Gasteiger partial charge in [-0.15, -0.1) is 0 Å². The predicted octanol–water partition coefficient (Wildman–Crippen LogP) is 5.15. The fourth-order valence-corrected chi connectivity index (χ4v) is 2.48. The molecule has 0 spiro atoms. The minimum absolute atomic E-state index is 0.224. The second kappa shape index (κ2) is 7.85. The van der Waals surface area contributed by atoms with Crippen LogP contribution in [-0.4, -0.2) is 11.8 Å². The van der Waals surface area contributed by atoms with Crippen LogP contribution in [0.25, 0.3) is 0 Å². The number of rotatable bonds is 4. The summed E-state index contributed by atoms with van der Waals surface area (Å²) in [6, 6.07) is 20.9. The Balaban J connectivity index is 1.65. The Labute approximate surface area is 156 Å². The number of anilines is 2. The molecule has 0 atom stereocenters. The fraction of sp³-hybridized carbons (Fsp3) is 0.0476. The van der Waals surface area contributed by atoms with E-state index in [0.29, 0.717) is 21.8 Å². The van der Waals surface area contributed by atoms with Gasteiger partial charge in [0, 0.05) is 27.5 Å². The molecule has 3 rings (SSSR count). The van der Waals surface area contributed by atoms with Gasteiger partial charge in [0.25, 0.3) is 11.8 Å². The predicted molar refractivity (Wildman–Crippen MR) is 105 cm³/mol. The molecule has 0 fully saturated rings. The van der Waals surface area contributed by atoms with E-state index in [0.717, 1.165) is 11.3 Å². The van der Waals surface area contributed by atoms with Crippen molar-refractivity contribution in [3.05, 3.63) is 94.5 Å². The molecule has 130 valence electrons. The topological polar surface area (TPSA) is 58.2 Å². The molecule has 3 aromatic rings. The van der Waals surface area contributed by atoms with Crippen LogP contribution in [0, 0.1) is 6.92 Å². The maximum Gasteiger partial charge on any atom is 0.255 e. The van der Waals surface area contributed by atoms with Crippen LogP contribution in [-0.2, 0) is 0 Å². The molecular weight excluding hydrogens is 348 g/mol. The van der Waals surface area contributed by atoms with Crippen molar-refractivity contribution >= 4 is 34.8 Å². The van der Waals surface area contributed by atoms with Gasteiger partial charge in [0.2, 0.25) is 0 Å². The summed E-state index contributed by atoms with van der Waals surface area (Å²) < 4.78 is 0. The zero-order valence-corrected chi connectivity index (χ0v) is 14.9. The molecule has 0 aliphatic heterocycles. The SMILES string of the molecule is Cc1ccc(NC(=O)c2ccc(C(=O)Nc3ccc(Cl)cc3)cc2)cc1. The van der Waals surface area contributed by atoms with Gasteiger partial charge in [0.15, 0.2) is 0 Å². The van der Waals surface area contributed by atoms with Gasteiger partial charge in [-0.1, -0.05) is 29.3 Å². The van der Waals surface area contributed by atoms with E-state index in [2.05, 4.69) is 10.6 Å². The van der Waals surface area contributed by atoms with Crippen molar-refractivity contribution < 1.29 is 9.59 Å². The number of carbonyl (C=O) groups excluding carboxylic acids is 2. The lowest BCUT2D eigenvalue weighted by atomic mass is 10.1. The molecule has 2 amide bonds. The van der Waals surface area contributed by atoms with E-state index in [1.807, 2.05) is 31.2 Å². The van der Waals surface area contributed by atoms with E-state index in [9.17, 15) is 9.59 Å². The number of hydrogen-bond donors (Lipinski definition) is 2. The van der Waals surface area contributed by atoms with Crippen molar-refractivity contribution in [1.82, 2.24) is 0 Å². The zero-order chi connectivity index (χ0) is 18.5. The summed E-state index contributed by atoms with van der Waals surface area (Å²) in [5.74, 6) is -0.476. The highest BCUT2D eigenvalue weighted by atomic mass is 35.5. The average molecular weight is 365 g/mol. The highest BCUT2D eigenvalue weighted by Crippen LogP contribution is 2.15. The zero-order valence-electron chi connectivity index (χ0n) is 14.1. The molecule has 0 saturated carbocycles. The summed E-state index contributed by atoms with van der Waals surface area (Å²) in [5, 5.41) is 6.21. The molecular formula is C21H17ClN2O2. The molecule has 0 aliphatic carbocycles. The molecule has 4 nitrogen and oxygen atoms in total. The molecule has 0 aromatic heterocycles. The normalized spacial score (nSPS) is 10.2. The van der Waals surface area contributed by atoms with E-state index >= 15 is 0 Å².